The van der Waals surface area contributed by atoms with E-state index in [1.165, 1.54) is 99.1 Å². The van der Waals surface area contributed by atoms with Crippen LogP contribution >= 0.6 is 0 Å². The molecule has 0 fully saturated rings. The Kier molecular flexibility index (Phi) is 5.50. The van der Waals surface area contributed by atoms with Gasteiger partial charge in [0.2, 0.25) is 0 Å². The lowest BCUT2D eigenvalue weighted by Gasteiger charge is -2.25. The van der Waals surface area contributed by atoms with Gasteiger partial charge in [-0.05, 0) is 117 Å². The van der Waals surface area contributed by atoms with E-state index in [-0.39, 0.29) is 10.8 Å². The third-order valence-corrected chi connectivity index (χ3v) is 11.6. The van der Waals surface area contributed by atoms with Gasteiger partial charge in [0.25, 0.3) is 0 Å². The van der Waals surface area contributed by atoms with Crippen LogP contribution in [0.15, 0.2) is 146 Å². The van der Waals surface area contributed by atoms with Crippen LogP contribution < -0.4 is 0 Å². The van der Waals surface area contributed by atoms with E-state index in [9.17, 15) is 0 Å². The third kappa shape index (κ3) is 3.50. The zero-order valence-corrected chi connectivity index (χ0v) is 27.9. The van der Waals surface area contributed by atoms with Crippen molar-refractivity contribution < 1.29 is 0 Å². The van der Waals surface area contributed by atoms with Crippen LogP contribution in [0.3, 0.4) is 0 Å². The molecule has 8 aromatic rings. The van der Waals surface area contributed by atoms with Gasteiger partial charge in [0, 0.05) is 10.8 Å². The highest BCUT2D eigenvalue weighted by molar-refractivity contribution is 6.24. The van der Waals surface area contributed by atoms with Gasteiger partial charge in [0.05, 0.1) is 0 Å². The lowest BCUT2D eigenvalue weighted by atomic mass is 9.78. The van der Waals surface area contributed by atoms with Gasteiger partial charge in [0.15, 0.2) is 0 Å². The van der Waals surface area contributed by atoms with Crippen molar-refractivity contribution in [2.24, 2.45) is 0 Å². The molecule has 0 radical (unpaired) electrons. The van der Waals surface area contributed by atoms with Crippen LogP contribution in [0.5, 0.6) is 0 Å². The fourth-order valence-corrected chi connectivity index (χ4v) is 9.32. The van der Waals surface area contributed by atoms with Gasteiger partial charge in [-0.15, -0.1) is 0 Å². The van der Waals surface area contributed by atoms with Crippen LogP contribution in [-0.4, -0.2) is 0 Å². The van der Waals surface area contributed by atoms with Gasteiger partial charge in [-0.2, -0.15) is 0 Å². The third-order valence-electron chi connectivity index (χ3n) is 11.6. The summed E-state index contributed by atoms with van der Waals surface area (Å²) in [5.41, 5.74) is 16.3. The first kappa shape index (κ1) is 27.6. The molecule has 8 aromatic carbocycles. The molecule has 10 rings (SSSR count). The molecule has 228 valence electrons. The summed E-state index contributed by atoms with van der Waals surface area (Å²) in [4.78, 5) is 0. The topological polar surface area (TPSA) is 0 Å². The molecule has 0 saturated heterocycles. The predicted molar refractivity (Wildman–Crippen MR) is 205 cm³/mol. The van der Waals surface area contributed by atoms with E-state index in [1.54, 1.807) is 0 Å². The van der Waals surface area contributed by atoms with Crippen LogP contribution in [0, 0.1) is 0 Å². The number of rotatable bonds is 2. The summed E-state index contributed by atoms with van der Waals surface area (Å²) in [6, 6.07) is 54.7. The van der Waals surface area contributed by atoms with Crippen molar-refractivity contribution in [3.63, 3.8) is 0 Å². The van der Waals surface area contributed by atoms with Crippen molar-refractivity contribution in [2.45, 2.75) is 38.5 Å². The Balaban J connectivity index is 1.31. The fourth-order valence-electron chi connectivity index (χ4n) is 9.32. The first-order chi connectivity index (χ1) is 23.4. The molecule has 0 heteroatoms. The maximum Gasteiger partial charge on any atom is 0.0159 e. The number of hydrogen-bond acceptors (Lipinski definition) is 0. The monoisotopic (exact) mass is 612 g/mol. The van der Waals surface area contributed by atoms with Crippen LogP contribution in [0.1, 0.15) is 49.9 Å². The van der Waals surface area contributed by atoms with E-state index in [4.69, 9.17) is 0 Å². The van der Waals surface area contributed by atoms with Crippen molar-refractivity contribution in [3.8, 4) is 44.5 Å². The molecule has 48 heavy (non-hydrogen) atoms. The van der Waals surface area contributed by atoms with Gasteiger partial charge in [-0.25, -0.2) is 0 Å². The Labute approximate surface area is 282 Å². The van der Waals surface area contributed by atoms with E-state index in [0.29, 0.717) is 0 Å². The Morgan fingerprint density at radius 3 is 1.38 bits per heavy atom. The Morgan fingerprint density at radius 1 is 0.292 bits per heavy atom. The molecule has 0 aromatic heterocycles. The van der Waals surface area contributed by atoms with Crippen molar-refractivity contribution >= 4 is 32.3 Å². The minimum absolute atomic E-state index is 0.0398. The van der Waals surface area contributed by atoms with Gasteiger partial charge in [-0.3, -0.25) is 0 Å². The maximum atomic E-state index is 2.55. The van der Waals surface area contributed by atoms with Crippen LogP contribution in [0.25, 0.3) is 76.8 Å². The van der Waals surface area contributed by atoms with Crippen molar-refractivity contribution in [1.29, 1.82) is 0 Å². The number of fused-ring (bicyclic) bond motifs is 10. The summed E-state index contributed by atoms with van der Waals surface area (Å²) >= 11 is 0. The van der Waals surface area contributed by atoms with Gasteiger partial charge < -0.3 is 0 Å². The highest BCUT2D eigenvalue weighted by atomic mass is 14.5. The maximum absolute atomic E-state index is 2.55. The second kappa shape index (κ2) is 9.55. The average molecular weight is 613 g/mol. The zero-order valence-electron chi connectivity index (χ0n) is 27.9. The van der Waals surface area contributed by atoms with Gasteiger partial charge in [-0.1, -0.05) is 155 Å². The molecule has 0 heterocycles. The Hall–Kier alpha value is -5.46. The second-order valence-corrected chi connectivity index (χ2v) is 14.8. The smallest absolute Gasteiger partial charge is 0.0159 e. The van der Waals surface area contributed by atoms with Crippen molar-refractivity contribution in [1.82, 2.24) is 0 Å². The molecule has 0 amide bonds. The first-order valence-corrected chi connectivity index (χ1v) is 17.2. The summed E-state index contributed by atoms with van der Waals surface area (Å²) in [5, 5.41) is 7.83. The highest BCUT2D eigenvalue weighted by Crippen LogP contribution is 2.58. The first-order valence-electron chi connectivity index (χ1n) is 17.2. The summed E-state index contributed by atoms with van der Waals surface area (Å²) in [6.07, 6.45) is 0. The quantitative estimate of drug-likeness (QED) is 0.170. The van der Waals surface area contributed by atoms with Gasteiger partial charge >= 0.3 is 0 Å². The SMILES string of the molecule is CC1(C)c2ccccc2-c2cc3c(cc21)-c1c(cc(-c2c4ccccc4c(-c4ccccc4)c4ccccc24)c2ccccc12)C3(C)C. The summed E-state index contributed by atoms with van der Waals surface area (Å²) < 4.78 is 0. The van der Waals surface area contributed by atoms with Crippen LogP contribution in [0.2, 0.25) is 0 Å². The van der Waals surface area contributed by atoms with E-state index in [1.807, 2.05) is 0 Å². The largest absolute Gasteiger partial charge is 0.0622 e. The molecular weight excluding hydrogens is 577 g/mol. The molecule has 2 aliphatic carbocycles. The number of benzene rings is 8. The summed E-state index contributed by atoms with van der Waals surface area (Å²) in [6.45, 7) is 9.65. The highest BCUT2D eigenvalue weighted by Gasteiger charge is 2.42. The molecule has 0 saturated carbocycles. The van der Waals surface area contributed by atoms with E-state index in [2.05, 4.69) is 173 Å². The minimum atomic E-state index is -0.157. The molecule has 2 aliphatic rings. The molecular formula is C48H36. The average Bonchev–Trinajstić information content (AvgIpc) is 3.49. The van der Waals surface area contributed by atoms with Crippen LogP contribution in [-0.2, 0) is 10.8 Å². The summed E-state index contributed by atoms with van der Waals surface area (Å²) in [7, 11) is 0. The molecule has 0 bridgehead atoms. The molecule has 0 aliphatic heterocycles. The lowest BCUT2D eigenvalue weighted by Crippen LogP contribution is -2.17. The van der Waals surface area contributed by atoms with E-state index in [0.717, 1.165) is 0 Å². The summed E-state index contributed by atoms with van der Waals surface area (Å²) in [5.74, 6) is 0. The Morgan fingerprint density at radius 2 is 0.729 bits per heavy atom. The Bertz CT molecular complexity index is 2590. The number of hydrogen-bond donors (Lipinski definition) is 0. The molecule has 0 nitrogen and oxygen atoms in total. The molecule has 0 spiro atoms. The minimum Gasteiger partial charge on any atom is -0.0622 e. The molecule has 0 N–H and O–H groups in total. The van der Waals surface area contributed by atoms with E-state index >= 15 is 0 Å². The fraction of sp³-hybridized carbons (Fsp3) is 0.125. The van der Waals surface area contributed by atoms with Gasteiger partial charge in [0.1, 0.15) is 0 Å². The predicted octanol–water partition coefficient (Wildman–Crippen LogP) is 13.1. The molecule has 0 atom stereocenters. The zero-order chi connectivity index (χ0) is 32.4. The standard InChI is InChI=1S/C48H36/c1-47(2)40-25-15-14-19-31(40)37-26-42-39(28-41(37)47)46-32-20-9-8-18-30(32)38(27-43(46)48(42,3)4)45-35-23-12-10-21-33(35)44(29-16-6-5-7-17-29)34-22-11-13-24-36(34)45/h5-28H,1-4H3. The second-order valence-electron chi connectivity index (χ2n) is 14.8. The lowest BCUT2D eigenvalue weighted by molar-refractivity contribution is 0.652. The van der Waals surface area contributed by atoms with Crippen molar-refractivity contribution in [3.05, 3.63) is 168 Å². The van der Waals surface area contributed by atoms with Crippen LogP contribution in [0.4, 0.5) is 0 Å². The van der Waals surface area contributed by atoms with Crippen molar-refractivity contribution in [2.75, 3.05) is 0 Å². The normalized spacial score (nSPS) is 15.0. The molecule has 0 unspecified atom stereocenters. The van der Waals surface area contributed by atoms with E-state index < -0.39 is 0 Å².